The minimum atomic E-state index is -0.957. The average molecular weight is 355 g/mol. The third-order valence-corrected chi connectivity index (χ3v) is 4.00. The second-order valence-corrected chi connectivity index (χ2v) is 7.21. The monoisotopic (exact) mass is 355 g/mol. The molecular formula is C21H25NO4. The van der Waals surface area contributed by atoms with Crippen LogP contribution < -0.4 is 10.5 Å². The van der Waals surface area contributed by atoms with E-state index >= 15 is 0 Å². The molecule has 2 aromatic rings. The van der Waals surface area contributed by atoms with Crippen molar-refractivity contribution in [3.05, 3.63) is 65.2 Å². The van der Waals surface area contributed by atoms with Crippen molar-refractivity contribution in [2.45, 2.75) is 45.8 Å². The Bertz CT molecular complexity index is 758. The van der Waals surface area contributed by atoms with Crippen LogP contribution in [0.2, 0.25) is 0 Å². The van der Waals surface area contributed by atoms with Crippen LogP contribution in [0.1, 0.15) is 49.2 Å². The molecule has 2 aromatic carbocycles. The molecule has 5 nitrogen and oxygen atoms in total. The van der Waals surface area contributed by atoms with Crippen molar-refractivity contribution in [1.82, 2.24) is 0 Å². The van der Waals surface area contributed by atoms with Gasteiger partial charge in [0.15, 0.2) is 6.10 Å². The van der Waals surface area contributed by atoms with Crippen LogP contribution in [0.25, 0.3) is 0 Å². The van der Waals surface area contributed by atoms with Gasteiger partial charge in [-0.25, -0.2) is 4.79 Å². The number of primary amides is 1. The molecule has 0 radical (unpaired) electrons. The summed E-state index contributed by atoms with van der Waals surface area (Å²) < 4.78 is 10.7. The van der Waals surface area contributed by atoms with Crippen molar-refractivity contribution in [3.63, 3.8) is 0 Å². The van der Waals surface area contributed by atoms with E-state index in [1.165, 1.54) is 12.5 Å². The van der Waals surface area contributed by atoms with Gasteiger partial charge in [-0.2, -0.15) is 0 Å². The highest BCUT2D eigenvalue weighted by Crippen LogP contribution is 2.24. The molecule has 0 unspecified atom stereocenters. The zero-order valence-electron chi connectivity index (χ0n) is 15.6. The van der Waals surface area contributed by atoms with Gasteiger partial charge in [0, 0.05) is 0 Å². The summed E-state index contributed by atoms with van der Waals surface area (Å²) in [6.07, 6.45) is -0.957. The lowest BCUT2D eigenvalue weighted by Crippen LogP contribution is -2.30. The Morgan fingerprint density at radius 3 is 2.08 bits per heavy atom. The zero-order valence-corrected chi connectivity index (χ0v) is 15.6. The molecule has 0 spiro atoms. The second-order valence-electron chi connectivity index (χ2n) is 7.21. The smallest absolute Gasteiger partial charge is 0.338 e. The number of benzene rings is 2. The number of ether oxygens (including phenoxy) is 2. The summed E-state index contributed by atoms with van der Waals surface area (Å²) in [7, 11) is 0. The first-order valence-corrected chi connectivity index (χ1v) is 8.49. The Labute approximate surface area is 154 Å². The summed E-state index contributed by atoms with van der Waals surface area (Å²) in [6, 6.07) is 14.9. The van der Waals surface area contributed by atoms with E-state index in [1.807, 2.05) is 12.1 Å². The maximum absolute atomic E-state index is 11.9. The molecule has 0 saturated heterocycles. The van der Waals surface area contributed by atoms with Crippen LogP contribution >= 0.6 is 0 Å². The summed E-state index contributed by atoms with van der Waals surface area (Å²) in [6.45, 7) is 8.33. The maximum atomic E-state index is 11.9. The number of hydrogen-bond acceptors (Lipinski definition) is 4. The number of esters is 1. The fourth-order valence-electron chi connectivity index (χ4n) is 2.24. The number of carbonyl (C=O) groups excluding carboxylic acids is 2. The summed E-state index contributed by atoms with van der Waals surface area (Å²) in [4.78, 5) is 22.8. The number of amides is 1. The first-order chi connectivity index (χ1) is 12.2. The Kier molecular flexibility index (Phi) is 6.03. The van der Waals surface area contributed by atoms with Gasteiger partial charge in [-0.05, 0) is 47.7 Å². The first kappa shape index (κ1) is 19.5. The maximum Gasteiger partial charge on any atom is 0.338 e. The lowest BCUT2D eigenvalue weighted by Gasteiger charge is -2.19. The third-order valence-electron chi connectivity index (χ3n) is 4.00. The van der Waals surface area contributed by atoms with Gasteiger partial charge in [0.2, 0.25) is 0 Å². The summed E-state index contributed by atoms with van der Waals surface area (Å²) in [5, 5.41) is 0. The first-order valence-electron chi connectivity index (χ1n) is 8.49. The summed E-state index contributed by atoms with van der Waals surface area (Å²) >= 11 is 0. The highest BCUT2D eigenvalue weighted by atomic mass is 16.5. The molecular weight excluding hydrogens is 330 g/mol. The van der Waals surface area contributed by atoms with Crippen molar-refractivity contribution in [3.8, 4) is 5.75 Å². The molecule has 5 heteroatoms. The van der Waals surface area contributed by atoms with E-state index in [2.05, 4.69) is 32.9 Å². The Hall–Kier alpha value is -2.82. The minimum Gasteiger partial charge on any atom is -0.489 e. The van der Waals surface area contributed by atoms with Gasteiger partial charge in [-0.1, -0.05) is 45.0 Å². The van der Waals surface area contributed by atoms with Gasteiger partial charge in [0.1, 0.15) is 12.4 Å². The van der Waals surface area contributed by atoms with Gasteiger partial charge in [0.05, 0.1) is 5.56 Å². The minimum absolute atomic E-state index is 0.106. The highest BCUT2D eigenvalue weighted by Gasteiger charge is 2.16. The van der Waals surface area contributed by atoms with E-state index in [4.69, 9.17) is 15.2 Å². The Morgan fingerprint density at radius 2 is 1.58 bits per heavy atom. The average Bonchev–Trinajstić information content (AvgIpc) is 2.59. The number of carbonyl (C=O) groups is 2. The van der Waals surface area contributed by atoms with Gasteiger partial charge >= 0.3 is 5.97 Å². The van der Waals surface area contributed by atoms with E-state index in [-0.39, 0.29) is 5.41 Å². The summed E-state index contributed by atoms with van der Waals surface area (Å²) in [5.74, 6) is -0.473. The predicted molar refractivity (Wildman–Crippen MR) is 100.0 cm³/mol. The van der Waals surface area contributed by atoms with Gasteiger partial charge < -0.3 is 15.2 Å². The van der Waals surface area contributed by atoms with Crippen LogP contribution in [0.15, 0.2) is 48.5 Å². The zero-order chi connectivity index (χ0) is 19.3. The third kappa shape index (κ3) is 5.34. The van der Waals surface area contributed by atoms with E-state index in [1.54, 1.807) is 24.3 Å². The highest BCUT2D eigenvalue weighted by molar-refractivity contribution is 5.91. The van der Waals surface area contributed by atoms with Crippen molar-refractivity contribution < 1.29 is 19.1 Å². The van der Waals surface area contributed by atoms with Crippen molar-refractivity contribution in [2.24, 2.45) is 5.73 Å². The molecule has 0 aliphatic rings. The molecule has 0 aliphatic carbocycles. The predicted octanol–water partition coefficient (Wildman–Crippen LogP) is 3.59. The van der Waals surface area contributed by atoms with Crippen molar-refractivity contribution in [2.75, 3.05) is 0 Å². The fraction of sp³-hybridized carbons (Fsp3) is 0.333. The number of nitrogens with two attached hydrogens (primary N) is 1. The Balaban J connectivity index is 1.93. The molecule has 26 heavy (non-hydrogen) atoms. The molecule has 0 fully saturated rings. The van der Waals surface area contributed by atoms with Crippen molar-refractivity contribution >= 4 is 11.9 Å². The van der Waals surface area contributed by atoms with Gasteiger partial charge in [-0.15, -0.1) is 0 Å². The molecule has 0 aromatic heterocycles. The SMILES string of the molecule is C[C@@H](OC(=O)c1ccc(COc2ccc(C(C)(C)C)cc2)cc1)C(N)=O. The second kappa shape index (κ2) is 8.04. The van der Waals surface area contributed by atoms with E-state index in [0.717, 1.165) is 11.3 Å². The normalized spacial score (nSPS) is 12.3. The molecule has 0 bridgehead atoms. The molecule has 0 heterocycles. The molecule has 1 atom stereocenters. The van der Waals surface area contributed by atoms with Gasteiger partial charge in [0.25, 0.3) is 5.91 Å². The van der Waals surface area contributed by atoms with E-state index in [9.17, 15) is 9.59 Å². The van der Waals surface area contributed by atoms with Crippen LogP contribution in [-0.2, 0) is 21.6 Å². The summed E-state index contributed by atoms with van der Waals surface area (Å²) in [5.41, 5.74) is 7.71. The number of rotatable bonds is 6. The number of hydrogen-bond donors (Lipinski definition) is 1. The molecule has 0 aliphatic heterocycles. The molecule has 0 saturated carbocycles. The van der Waals surface area contributed by atoms with Crippen LogP contribution in [0.3, 0.4) is 0 Å². The van der Waals surface area contributed by atoms with Crippen LogP contribution in [0, 0.1) is 0 Å². The standard InChI is InChI=1S/C21H25NO4/c1-14(19(22)23)26-20(24)16-7-5-15(6-8-16)13-25-18-11-9-17(10-12-18)21(2,3)4/h5-12,14H,13H2,1-4H3,(H2,22,23)/t14-/m1/s1. The van der Waals surface area contributed by atoms with Gasteiger partial charge in [-0.3, -0.25) is 4.79 Å². The largest absolute Gasteiger partial charge is 0.489 e. The lowest BCUT2D eigenvalue weighted by atomic mass is 9.87. The molecule has 2 N–H and O–H groups in total. The van der Waals surface area contributed by atoms with Crippen LogP contribution in [0.5, 0.6) is 5.75 Å². The van der Waals surface area contributed by atoms with Crippen LogP contribution in [0.4, 0.5) is 0 Å². The quantitative estimate of drug-likeness (QED) is 0.803. The van der Waals surface area contributed by atoms with E-state index in [0.29, 0.717) is 12.2 Å². The van der Waals surface area contributed by atoms with Crippen LogP contribution in [-0.4, -0.2) is 18.0 Å². The van der Waals surface area contributed by atoms with Crippen molar-refractivity contribution in [1.29, 1.82) is 0 Å². The fourth-order valence-corrected chi connectivity index (χ4v) is 2.24. The lowest BCUT2D eigenvalue weighted by molar-refractivity contribution is -0.125. The topological polar surface area (TPSA) is 78.6 Å². The Morgan fingerprint density at radius 1 is 1.00 bits per heavy atom. The molecule has 1 amide bonds. The van der Waals surface area contributed by atoms with E-state index < -0.39 is 18.0 Å². The molecule has 138 valence electrons. The molecule has 2 rings (SSSR count).